The van der Waals surface area contributed by atoms with Crippen LogP contribution in [0.25, 0.3) is 0 Å². The fourth-order valence-corrected chi connectivity index (χ4v) is 2.21. The third-order valence-electron chi connectivity index (χ3n) is 3.87. The molecule has 0 aromatic carbocycles. The molecular weight excluding hydrogens is 246 g/mol. The summed E-state index contributed by atoms with van der Waals surface area (Å²) >= 11 is 0. The first kappa shape index (κ1) is 15.6. The van der Waals surface area contributed by atoms with Crippen LogP contribution in [0.15, 0.2) is 0 Å². The number of nitrogens with two attached hydrogens (primary N) is 1. The second-order valence-corrected chi connectivity index (χ2v) is 4.93. The van der Waals surface area contributed by atoms with E-state index in [0.29, 0.717) is 6.54 Å². The van der Waals surface area contributed by atoms with E-state index in [1.54, 1.807) is 0 Å². The monoisotopic (exact) mass is 269 g/mol. The van der Waals surface area contributed by atoms with Crippen LogP contribution in [0.1, 0.15) is 46.0 Å². The van der Waals surface area contributed by atoms with Crippen LogP contribution in [-0.4, -0.2) is 41.2 Å². The van der Waals surface area contributed by atoms with Crippen LogP contribution in [0.4, 0.5) is 0 Å². The molecule has 19 heavy (non-hydrogen) atoms. The maximum absolute atomic E-state index is 11.9. The van der Waals surface area contributed by atoms with Gasteiger partial charge in [0.1, 0.15) is 0 Å². The third kappa shape index (κ3) is 3.76. The van der Waals surface area contributed by atoms with Crippen LogP contribution < -0.4 is 11.1 Å². The zero-order valence-electron chi connectivity index (χ0n) is 11.7. The first-order chi connectivity index (χ1) is 8.98. The smallest absolute Gasteiger partial charge is 0.229 e. The molecule has 0 aliphatic carbocycles. The van der Waals surface area contributed by atoms with Crippen molar-refractivity contribution in [3.8, 4) is 0 Å². The summed E-state index contributed by atoms with van der Waals surface area (Å²) in [5, 5.41) is 2.92. The molecule has 0 aromatic heterocycles. The highest BCUT2D eigenvalue weighted by atomic mass is 16.2. The summed E-state index contributed by atoms with van der Waals surface area (Å²) in [5.41, 5.74) is 5.33. The summed E-state index contributed by atoms with van der Waals surface area (Å²) in [6.45, 7) is 4.50. The Bertz CT molecular complexity index is 340. The van der Waals surface area contributed by atoms with E-state index >= 15 is 0 Å². The Hall–Kier alpha value is -1.43. The minimum Gasteiger partial charge on any atom is -0.349 e. The predicted octanol–water partition coefficient (Wildman–Crippen LogP) is 0.159. The third-order valence-corrected chi connectivity index (χ3v) is 3.87. The van der Waals surface area contributed by atoms with E-state index < -0.39 is 0 Å². The van der Waals surface area contributed by atoms with Gasteiger partial charge in [0.15, 0.2) is 0 Å². The van der Waals surface area contributed by atoms with Crippen molar-refractivity contribution in [2.45, 2.75) is 51.5 Å². The Kier molecular flexibility index (Phi) is 5.47. The first-order valence-corrected chi connectivity index (χ1v) is 6.82. The van der Waals surface area contributed by atoms with Crippen LogP contribution in [0, 0.1) is 0 Å². The summed E-state index contributed by atoms with van der Waals surface area (Å²) in [4.78, 5) is 35.9. The number of imide groups is 1. The zero-order valence-corrected chi connectivity index (χ0v) is 11.7. The number of amides is 3. The molecule has 1 aliphatic rings. The first-order valence-electron chi connectivity index (χ1n) is 6.82. The van der Waals surface area contributed by atoms with E-state index in [0.717, 1.165) is 12.8 Å². The fraction of sp³-hybridized carbons (Fsp3) is 0.769. The van der Waals surface area contributed by atoms with Crippen molar-refractivity contribution in [2.24, 2.45) is 5.73 Å². The summed E-state index contributed by atoms with van der Waals surface area (Å²) in [6, 6.07) is 0. The van der Waals surface area contributed by atoms with Crippen LogP contribution in [0.5, 0.6) is 0 Å². The van der Waals surface area contributed by atoms with Gasteiger partial charge >= 0.3 is 0 Å². The SMILES string of the molecule is CCC(CC)(CN)NC(=O)CCN1C(=O)CCC1=O. The van der Waals surface area contributed by atoms with E-state index in [2.05, 4.69) is 5.32 Å². The van der Waals surface area contributed by atoms with Gasteiger partial charge in [0.05, 0.1) is 5.54 Å². The minimum atomic E-state index is -0.379. The van der Waals surface area contributed by atoms with Gasteiger partial charge in [-0.15, -0.1) is 0 Å². The van der Waals surface area contributed by atoms with Crippen molar-refractivity contribution < 1.29 is 14.4 Å². The second-order valence-electron chi connectivity index (χ2n) is 4.93. The molecular formula is C13H23N3O3. The van der Waals surface area contributed by atoms with Gasteiger partial charge in [0, 0.05) is 32.4 Å². The van der Waals surface area contributed by atoms with Crippen LogP contribution >= 0.6 is 0 Å². The molecule has 3 amide bonds. The highest BCUT2D eigenvalue weighted by molar-refractivity contribution is 6.02. The molecule has 0 radical (unpaired) electrons. The van der Waals surface area contributed by atoms with Gasteiger partial charge in [-0.05, 0) is 12.8 Å². The quantitative estimate of drug-likeness (QED) is 0.644. The zero-order chi connectivity index (χ0) is 14.5. The molecule has 1 fully saturated rings. The molecule has 0 unspecified atom stereocenters. The van der Waals surface area contributed by atoms with Crippen LogP contribution in [0.2, 0.25) is 0 Å². The topological polar surface area (TPSA) is 92.5 Å². The maximum Gasteiger partial charge on any atom is 0.229 e. The minimum absolute atomic E-state index is 0.138. The van der Waals surface area contributed by atoms with Crippen molar-refractivity contribution in [1.29, 1.82) is 0 Å². The molecule has 1 heterocycles. The molecule has 6 heteroatoms. The summed E-state index contributed by atoms with van der Waals surface area (Å²) in [7, 11) is 0. The van der Waals surface area contributed by atoms with Crippen molar-refractivity contribution >= 4 is 17.7 Å². The highest BCUT2D eigenvalue weighted by Crippen LogP contribution is 2.15. The standard InChI is InChI=1S/C13H23N3O3/c1-3-13(4-2,9-14)15-10(17)7-8-16-11(18)5-6-12(16)19/h3-9,14H2,1-2H3,(H,15,17). The van der Waals surface area contributed by atoms with Gasteiger partial charge in [-0.25, -0.2) is 0 Å². The van der Waals surface area contributed by atoms with Gasteiger partial charge in [-0.1, -0.05) is 13.8 Å². The van der Waals surface area contributed by atoms with Crippen molar-refractivity contribution in [1.82, 2.24) is 10.2 Å². The normalized spacial score (nSPS) is 16.1. The number of nitrogens with zero attached hydrogens (tertiary/aromatic N) is 1. The Labute approximate surface area is 113 Å². The molecule has 1 rings (SSSR count). The van der Waals surface area contributed by atoms with Crippen LogP contribution in [0.3, 0.4) is 0 Å². The van der Waals surface area contributed by atoms with E-state index in [-0.39, 0.29) is 49.1 Å². The summed E-state index contributed by atoms with van der Waals surface area (Å²) in [5.74, 6) is -0.538. The molecule has 0 aromatic rings. The molecule has 0 bridgehead atoms. The lowest BCUT2D eigenvalue weighted by Crippen LogP contribution is -2.53. The summed E-state index contributed by atoms with van der Waals surface area (Å²) in [6.07, 6.45) is 2.17. The Morgan fingerprint density at radius 3 is 2.21 bits per heavy atom. The van der Waals surface area contributed by atoms with Gasteiger partial charge in [-0.3, -0.25) is 19.3 Å². The Morgan fingerprint density at radius 2 is 1.79 bits per heavy atom. The van der Waals surface area contributed by atoms with Crippen molar-refractivity contribution in [3.63, 3.8) is 0 Å². The van der Waals surface area contributed by atoms with E-state index in [9.17, 15) is 14.4 Å². The molecule has 1 aliphatic heterocycles. The van der Waals surface area contributed by atoms with E-state index in [1.165, 1.54) is 4.90 Å². The molecule has 6 nitrogen and oxygen atoms in total. The predicted molar refractivity (Wildman–Crippen MR) is 71.1 cm³/mol. The lowest BCUT2D eigenvalue weighted by Gasteiger charge is -2.31. The number of carbonyl (C=O) groups excluding carboxylic acids is 3. The van der Waals surface area contributed by atoms with Gasteiger partial charge < -0.3 is 11.1 Å². The van der Waals surface area contributed by atoms with Gasteiger partial charge in [0.25, 0.3) is 0 Å². The van der Waals surface area contributed by atoms with Gasteiger partial charge in [-0.2, -0.15) is 0 Å². The molecule has 0 spiro atoms. The Morgan fingerprint density at radius 1 is 1.26 bits per heavy atom. The molecule has 1 saturated heterocycles. The van der Waals surface area contributed by atoms with Crippen molar-refractivity contribution in [3.05, 3.63) is 0 Å². The maximum atomic E-state index is 11.9. The van der Waals surface area contributed by atoms with E-state index in [4.69, 9.17) is 5.73 Å². The lowest BCUT2D eigenvalue weighted by molar-refractivity contribution is -0.138. The second kappa shape index (κ2) is 6.65. The van der Waals surface area contributed by atoms with Crippen molar-refractivity contribution in [2.75, 3.05) is 13.1 Å². The van der Waals surface area contributed by atoms with Crippen LogP contribution in [-0.2, 0) is 14.4 Å². The summed E-state index contributed by atoms with van der Waals surface area (Å²) < 4.78 is 0. The average Bonchev–Trinajstić information content (AvgIpc) is 2.73. The average molecular weight is 269 g/mol. The number of hydrogen-bond donors (Lipinski definition) is 2. The number of rotatable bonds is 7. The lowest BCUT2D eigenvalue weighted by atomic mass is 9.93. The number of nitrogens with one attached hydrogen (secondary N) is 1. The molecule has 0 atom stereocenters. The molecule has 108 valence electrons. The molecule has 0 saturated carbocycles. The highest BCUT2D eigenvalue weighted by Gasteiger charge is 2.30. The van der Waals surface area contributed by atoms with Gasteiger partial charge in [0.2, 0.25) is 17.7 Å². The fourth-order valence-electron chi connectivity index (χ4n) is 2.21. The van der Waals surface area contributed by atoms with E-state index in [1.807, 2.05) is 13.8 Å². The number of carbonyl (C=O) groups is 3. The number of likely N-dealkylation sites (tertiary alicyclic amines) is 1. The largest absolute Gasteiger partial charge is 0.349 e. The Balaban J connectivity index is 2.47. The number of hydrogen-bond acceptors (Lipinski definition) is 4. The molecule has 3 N–H and O–H groups in total.